The minimum absolute atomic E-state index is 0.242. The van der Waals surface area contributed by atoms with Gasteiger partial charge in [0.2, 0.25) is 0 Å². The third kappa shape index (κ3) is 3.98. The third-order valence-electron chi connectivity index (χ3n) is 4.63. The molecule has 1 heterocycles. The van der Waals surface area contributed by atoms with Crippen LogP contribution in [0.15, 0.2) is 18.2 Å². The molecule has 0 saturated heterocycles. The summed E-state index contributed by atoms with van der Waals surface area (Å²) in [5, 5.41) is 3.54. The molecule has 3 rings (SSSR count). The second-order valence-corrected chi connectivity index (χ2v) is 7.76. The summed E-state index contributed by atoms with van der Waals surface area (Å²) in [6, 6.07) is 6.34. The van der Waals surface area contributed by atoms with Gasteiger partial charge in [0.25, 0.3) is 0 Å². The molecule has 0 atom stereocenters. The first-order chi connectivity index (χ1) is 10.9. The van der Waals surface area contributed by atoms with Crippen LogP contribution in [-0.2, 0) is 11.2 Å². The maximum absolute atomic E-state index is 12.4. The van der Waals surface area contributed by atoms with Crippen LogP contribution in [0.1, 0.15) is 52.0 Å². The smallest absolute Gasteiger partial charge is 0.414 e. The van der Waals surface area contributed by atoms with Gasteiger partial charge >= 0.3 is 6.09 Å². The van der Waals surface area contributed by atoms with Gasteiger partial charge in [-0.1, -0.05) is 6.42 Å². The normalized spacial score (nSPS) is 18.1. The number of ether oxygens (including phenoxy) is 1. The molecule has 0 unspecified atom stereocenters. The Morgan fingerprint density at radius 2 is 2.09 bits per heavy atom. The maximum Gasteiger partial charge on any atom is 0.414 e. The average molecular weight is 316 g/mol. The van der Waals surface area contributed by atoms with E-state index in [2.05, 4.69) is 23.5 Å². The van der Waals surface area contributed by atoms with Crippen LogP contribution in [0.5, 0.6) is 0 Å². The summed E-state index contributed by atoms with van der Waals surface area (Å²) in [4.78, 5) is 14.2. The van der Waals surface area contributed by atoms with E-state index >= 15 is 0 Å². The number of hydrogen-bond acceptors (Lipinski definition) is 3. The number of nitrogens with one attached hydrogen (secondary N) is 1. The van der Waals surface area contributed by atoms with E-state index in [1.165, 1.54) is 30.5 Å². The molecule has 1 aliphatic carbocycles. The Labute approximate surface area is 139 Å². The largest absolute Gasteiger partial charge is 0.443 e. The molecule has 1 aromatic rings. The Balaban J connectivity index is 1.70. The predicted octanol–water partition coefficient (Wildman–Crippen LogP) is 4.59. The summed E-state index contributed by atoms with van der Waals surface area (Å²) in [6.07, 6.45) is 5.84. The monoisotopic (exact) mass is 316 g/mol. The number of carbonyl (C=O) groups excluding carboxylic acids is 1. The van der Waals surface area contributed by atoms with Gasteiger partial charge in [-0.25, -0.2) is 4.79 Å². The van der Waals surface area contributed by atoms with E-state index in [4.69, 9.17) is 4.74 Å². The topological polar surface area (TPSA) is 41.6 Å². The average Bonchev–Trinajstić information content (AvgIpc) is 2.43. The van der Waals surface area contributed by atoms with Crippen molar-refractivity contribution in [1.82, 2.24) is 0 Å². The second kappa shape index (κ2) is 6.42. The van der Waals surface area contributed by atoms with Crippen molar-refractivity contribution >= 4 is 17.5 Å². The number of benzene rings is 1. The Morgan fingerprint density at radius 3 is 2.74 bits per heavy atom. The van der Waals surface area contributed by atoms with E-state index in [0.29, 0.717) is 0 Å². The summed E-state index contributed by atoms with van der Waals surface area (Å²) in [5.74, 6) is 0.837. The van der Waals surface area contributed by atoms with E-state index in [-0.39, 0.29) is 6.09 Å². The van der Waals surface area contributed by atoms with Crippen molar-refractivity contribution in [2.75, 3.05) is 23.3 Å². The van der Waals surface area contributed by atoms with Crippen molar-refractivity contribution < 1.29 is 9.53 Å². The minimum atomic E-state index is -0.459. The maximum atomic E-state index is 12.4. The van der Waals surface area contributed by atoms with E-state index in [1.807, 2.05) is 20.8 Å². The summed E-state index contributed by atoms with van der Waals surface area (Å²) in [6.45, 7) is 7.51. The molecule has 0 spiro atoms. The van der Waals surface area contributed by atoms with E-state index < -0.39 is 5.60 Å². The molecule has 0 aromatic heterocycles. The Hall–Kier alpha value is -1.71. The molecule has 1 saturated carbocycles. The SMILES string of the molecule is CC(C)(C)OC(=O)N1CCCc2cc(NCC3CCC3)ccc21. The first-order valence-electron chi connectivity index (χ1n) is 8.80. The Bertz CT molecular complexity index is 573. The Morgan fingerprint density at radius 1 is 1.30 bits per heavy atom. The highest BCUT2D eigenvalue weighted by Crippen LogP contribution is 2.32. The molecule has 4 nitrogen and oxygen atoms in total. The molecule has 1 aliphatic heterocycles. The highest BCUT2D eigenvalue weighted by Gasteiger charge is 2.27. The second-order valence-electron chi connectivity index (χ2n) is 7.76. The number of carbonyl (C=O) groups is 1. The molecule has 0 radical (unpaired) electrons. The molecule has 0 bridgehead atoms. The van der Waals surface area contributed by atoms with Crippen LogP contribution in [0, 0.1) is 5.92 Å². The van der Waals surface area contributed by atoms with Gasteiger partial charge in [0.1, 0.15) is 5.60 Å². The summed E-state index contributed by atoms with van der Waals surface area (Å²) in [7, 11) is 0. The number of aryl methyl sites for hydroxylation is 1. The first-order valence-corrected chi connectivity index (χ1v) is 8.80. The molecular formula is C19H28N2O2. The Kier molecular flexibility index (Phi) is 4.51. The molecule has 2 aliphatic rings. The highest BCUT2D eigenvalue weighted by atomic mass is 16.6. The van der Waals surface area contributed by atoms with Crippen LogP contribution < -0.4 is 10.2 Å². The molecule has 126 valence electrons. The van der Waals surface area contributed by atoms with Gasteiger partial charge in [-0.15, -0.1) is 0 Å². The number of fused-ring (bicyclic) bond motifs is 1. The van der Waals surface area contributed by atoms with Crippen molar-refractivity contribution in [3.8, 4) is 0 Å². The molecule has 1 amide bonds. The third-order valence-corrected chi connectivity index (χ3v) is 4.63. The van der Waals surface area contributed by atoms with Gasteiger partial charge in [-0.05, 0) is 76.1 Å². The van der Waals surface area contributed by atoms with Crippen LogP contribution in [0.3, 0.4) is 0 Å². The zero-order chi connectivity index (χ0) is 16.4. The van der Waals surface area contributed by atoms with Gasteiger partial charge in [0.15, 0.2) is 0 Å². The zero-order valence-electron chi connectivity index (χ0n) is 14.5. The van der Waals surface area contributed by atoms with Gasteiger partial charge in [0.05, 0.1) is 5.69 Å². The summed E-state index contributed by atoms with van der Waals surface area (Å²) in [5.41, 5.74) is 2.95. The number of anilines is 2. The van der Waals surface area contributed by atoms with Gasteiger partial charge in [-0.2, -0.15) is 0 Å². The van der Waals surface area contributed by atoms with Crippen LogP contribution in [0.2, 0.25) is 0 Å². The molecule has 1 N–H and O–H groups in total. The quantitative estimate of drug-likeness (QED) is 0.887. The molecular weight excluding hydrogens is 288 g/mol. The highest BCUT2D eigenvalue weighted by molar-refractivity contribution is 5.90. The molecule has 23 heavy (non-hydrogen) atoms. The summed E-state index contributed by atoms with van der Waals surface area (Å²) < 4.78 is 5.54. The first kappa shape index (κ1) is 16.2. The van der Waals surface area contributed by atoms with E-state index in [9.17, 15) is 4.79 Å². The standard InChI is InChI=1S/C19H28N2O2/c1-19(2,3)23-18(22)21-11-5-8-15-12-16(9-10-17(15)21)20-13-14-6-4-7-14/h9-10,12,14,20H,4-8,11,13H2,1-3H3. The molecule has 1 aromatic carbocycles. The van der Waals surface area contributed by atoms with Crippen LogP contribution >= 0.6 is 0 Å². The van der Waals surface area contributed by atoms with Crippen LogP contribution in [-0.4, -0.2) is 24.8 Å². The van der Waals surface area contributed by atoms with Crippen molar-refractivity contribution in [2.45, 2.75) is 58.5 Å². The lowest BCUT2D eigenvalue weighted by Crippen LogP contribution is -2.39. The fraction of sp³-hybridized carbons (Fsp3) is 0.632. The van der Waals surface area contributed by atoms with Gasteiger partial charge in [0, 0.05) is 18.8 Å². The lowest BCUT2D eigenvalue weighted by atomic mass is 9.85. The number of rotatable bonds is 3. The number of amides is 1. The number of nitrogens with zero attached hydrogens (tertiary/aromatic N) is 1. The van der Waals surface area contributed by atoms with Crippen molar-refractivity contribution in [2.24, 2.45) is 5.92 Å². The van der Waals surface area contributed by atoms with E-state index in [1.54, 1.807) is 4.90 Å². The fourth-order valence-electron chi connectivity index (χ4n) is 3.17. The van der Waals surface area contributed by atoms with Crippen molar-refractivity contribution in [3.63, 3.8) is 0 Å². The van der Waals surface area contributed by atoms with Gasteiger partial charge in [-0.3, -0.25) is 4.90 Å². The predicted molar refractivity (Wildman–Crippen MR) is 94.2 cm³/mol. The summed E-state index contributed by atoms with van der Waals surface area (Å²) >= 11 is 0. The van der Waals surface area contributed by atoms with Crippen molar-refractivity contribution in [3.05, 3.63) is 23.8 Å². The van der Waals surface area contributed by atoms with Crippen molar-refractivity contribution in [1.29, 1.82) is 0 Å². The molecule has 1 fully saturated rings. The molecule has 4 heteroatoms. The van der Waals surface area contributed by atoms with Crippen LogP contribution in [0.4, 0.5) is 16.2 Å². The lowest BCUT2D eigenvalue weighted by molar-refractivity contribution is 0.0578. The minimum Gasteiger partial charge on any atom is -0.443 e. The van der Waals surface area contributed by atoms with Gasteiger partial charge < -0.3 is 10.1 Å². The fourth-order valence-corrected chi connectivity index (χ4v) is 3.17. The lowest BCUT2D eigenvalue weighted by Gasteiger charge is -2.32. The van der Waals surface area contributed by atoms with E-state index in [0.717, 1.165) is 37.5 Å². The number of hydrogen-bond donors (Lipinski definition) is 1. The van der Waals surface area contributed by atoms with Crippen LogP contribution in [0.25, 0.3) is 0 Å². The zero-order valence-corrected chi connectivity index (χ0v) is 14.5.